The van der Waals surface area contributed by atoms with E-state index in [1.54, 1.807) is 7.11 Å². The zero-order valence-electron chi connectivity index (χ0n) is 19.6. The van der Waals surface area contributed by atoms with Gasteiger partial charge in [0.1, 0.15) is 17.4 Å². The third-order valence-electron chi connectivity index (χ3n) is 7.12. The quantitative estimate of drug-likeness (QED) is 0.686. The molecule has 0 saturated carbocycles. The number of aromatic nitrogens is 2. The number of nitrogens with zero attached hydrogens (tertiary/aromatic N) is 6. The van der Waals surface area contributed by atoms with Gasteiger partial charge in [-0.3, -0.25) is 0 Å². The molecular formula is C25H36N6O. The summed E-state index contributed by atoms with van der Waals surface area (Å²) in [6.45, 7) is 10.5. The number of anilines is 4. The summed E-state index contributed by atoms with van der Waals surface area (Å²) >= 11 is 0. The highest BCUT2D eigenvalue weighted by molar-refractivity contribution is 5.60. The normalized spacial score (nSPS) is 19.2. The molecule has 7 nitrogen and oxygen atoms in total. The van der Waals surface area contributed by atoms with Crippen molar-refractivity contribution < 1.29 is 4.74 Å². The monoisotopic (exact) mass is 436 g/mol. The summed E-state index contributed by atoms with van der Waals surface area (Å²) < 4.78 is 5.50. The van der Waals surface area contributed by atoms with Gasteiger partial charge in [0.05, 0.1) is 7.11 Å². The van der Waals surface area contributed by atoms with Crippen molar-refractivity contribution in [1.82, 2.24) is 9.97 Å². The van der Waals surface area contributed by atoms with Crippen molar-refractivity contribution in [2.24, 2.45) is 0 Å². The number of hydrogen-bond donors (Lipinski definition) is 0. The molecule has 0 aliphatic carbocycles. The standard InChI is InChI=1S/C25H36N6O/c1-3-20-8-9-21(32-2)18-22(20)28-14-16-30(17-15-28)24-19-23(29-10-4-5-11-29)26-25(27-24)31-12-6-7-13-31/h8-9,18-19H,3-7,10-17H2,1-2H3. The number of ether oxygens (including phenoxy) is 1. The molecule has 1 aromatic heterocycles. The van der Waals surface area contributed by atoms with Crippen LogP contribution in [0.4, 0.5) is 23.3 Å². The van der Waals surface area contributed by atoms with Crippen molar-refractivity contribution in [3.05, 3.63) is 29.8 Å². The minimum atomic E-state index is 0.922. The highest BCUT2D eigenvalue weighted by Crippen LogP contribution is 2.30. The maximum absolute atomic E-state index is 5.50. The van der Waals surface area contributed by atoms with Gasteiger partial charge in [0.2, 0.25) is 5.95 Å². The number of aryl methyl sites for hydroxylation is 1. The Bertz CT molecular complexity index is 880. The molecule has 4 heterocycles. The molecule has 0 N–H and O–H groups in total. The van der Waals surface area contributed by atoms with E-state index in [0.717, 1.165) is 82.1 Å². The van der Waals surface area contributed by atoms with Crippen LogP contribution in [0.1, 0.15) is 38.2 Å². The molecule has 3 fully saturated rings. The minimum absolute atomic E-state index is 0.922. The maximum Gasteiger partial charge on any atom is 0.229 e. The van der Waals surface area contributed by atoms with Gasteiger partial charge >= 0.3 is 0 Å². The summed E-state index contributed by atoms with van der Waals surface area (Å²) in [5.74, 6) is 4.05. The van der Waals surface area contributed by atoms with E-state index in [9.17, 15) is 0 Å². The van der Waals surface area contributed by atoms with Gasteiger partial charge in [0.15, 0.2) is 0 Å². The SMILES string of the molecule is CCc1ccc(OC)cc1N1CCN(c2cc(N3CCCC3)nc(N3CCCC3)n2)CC1. The van der Waals surface area contributed by atoms with Crippen molar-refractivity contribution in [3.8, 4) is 5.75 Å². The van der Waals surface area contributed by atoms with E-state index in [-0.39, 0.29) is 0 Å². The van der Waals surface area contributed by atoms with E-state index in [0.29, 0.717) is 0 Å². The van der Waals surface area contributed by atoms with Crippen LogP contribution in [0.2, 0.25) is 0 Å². The summed E-state index contributed by atoms with van der Waals surface area (Å²) in [7, 11) is 1.74. The lowest BCUT2D eigenvalue weighted by Crippen LogP contribution is -2.47. The van der Waals surface area contributed by atoms with Gasteiger partial charge in [0, 0.05) is 70.2 Å². The zero-order valence-corrected chi connectivity index (χ0v) is 19.6. The lowest BCUT2D eigenvalue weighted by Gasteiger charge is -2.38. The maximum atomic E-state index is 5.50. The third kappa shape index (κ3) is 4.30. The average Bonchev–Trinajstić information content (AvgIpc) is 3.58. The number of methoxy groups -OCH3 is 1. The number of benzene rings is 1. The molecule has 0 atom stereocenters. The van der Waals surface area contributed by atoms with Gasteiger partial charge in [-0.25, -0.2) is 0 Å². The second kappa shape index (κ2) is 9.43. The number of piperazine rings is 1. The van der Waals surface area contributed by atoms with Gasteiger partial charge in [-0.2, -0.15) is 9.97 Å². The molecule has 0 bridgehead atoms. The predicted octanol–water partition coefficient (Wildman–Crippen LogP) is 3.57. The van der Waals surface area contributed by atoms with Crippen LogP contribution in [0.5, 0.6) is 5.75 Å². The molecule has 7 heteroatoms. The van der Waals surface area contributed by atoms with E-state index in [2.05, 4.69) is 50.8 Å². The Kier molecular flexibility index (Phi) is 6.23. The molecule has 172 valence electrons. The summed E-state index contributed by atoms with van der Waals surface area (Å²) in [4.78, 5) is 19.8. The second-order valence-electron chi connectivity index (χ2n) is 9.09. The van der Waals surface area contributed by atoms with E-state index in [1.807, 2.05) is 0 Å². The average molecular weight is 437 g/mol. The van der Waals surface area contributed by atoms with E-state index < -0.39 is 0 Å². The molecule has 3 aliphatic rings. The summed E-state index contributed by atoms with van der Waals surface area (Å²) in [5, 5.41) is 0. The molecule has 3 aliphatic heterocycles. The topological polar surface area (TPSA) is 48.0 Å². The lowest BCUT2D eigenvalue weighted by atomic mass is 10.1. The Morgan fingerprint density at radius 2 is 1.28 bits per heavy atom. The van der Waals surface area contributed by atoms with Crippen molar-refractivity contribution in [2.75, 3.05) is 79.1 Å². The number of hydrogen-bond acceptors (Lipinski definition) is 7. The molecule has 0 amide bonds. The van der Waals surface area contributed by atoms with Crippen molar-refractivity contribution >= 4 is 23.3 Å². The molecule has 3 saturated heterocycles. The summed E-state index contributed by atoms with van der Waals surface area (Å²) in [6.07, 6.45) is 6.04. The Morgan fingerprint density at radius 3 is 1.88 bits per heavy atom. The van der Waals surface area contributed by atoms with E-state index in [1.165, 1.54) is 36.9 Å². The van der Waals surface area contributed by atoms with E-state index in [4.69, 9.17) is 14.7 Å². The van der Waals surface area contributed by atoms with Gasteiger partial charge in [-0.1, -0.05) is 13.0 Å². The van der Waals surface area contributed by atoms with Gasteiger partial charge in [0.25, 0.3) is 0 Å². The van der Waals surface area contributed by atoms with E-state index >= 15 is 0 Å². The van der Waals surface area contributed by atoms with Crippen molar-refractivity contribution in [1.29, 1.82) is 0 Å². The first-order valence-corrected chi connectivity index (χ1v) is 12.3. The van der Waals surface area contributed by atoms with Crippen LogP contribution in [0, 0.1) is 0 Å². The first-order valence-electron chi connectivity index (χ1n) is 12.3. The predicted molar refractivity (Wildman–Crippen MR) is 132 cm³/mol. The highest BCUT2D eigenvalue weighted by atomic mass is 16.5. The second-order valence-corrected chi connectivity index (χ2v) is 9.09. The van der Waals surface area contributed by atoms with Crippen LogP contribution < -0.4 is 24.3 Å². The smallest absolute Gasteiger partial charge is 0.229 e. The fourth-order valence-electron chi connectivity index (χ4n) is 5.18. The minimum Gasteiger partial charge on any atom is -0.497 e. The summed E-state index contributed by atoms with van der Waals surface area (Å²) in [6, 6.07) is 8.69. The van der Waals surface area contributed by atoms with Crippen LogP contribution in [0.25, 0.3) is 0 Å². The zero-order chi connectivity index (χ0) is 21.9. The molecule has 32 heavy (non-hydrogen) atoms. The Labute approximate surface area is 192 Å². The van der Waals surface area contributed by atoms with Crippen LogP contribution in [0.3, 0.4) is 0 Å². The Hall–Kier alpha value is -2.70. The van der Waals surface area contributed by atoms with Crippen molar-refractivity contribution in [2.45, 2.75) is 39.0 Å². The molecule has 5 rings (SSSR count). The lowest BCUT2D eigenvalue weighted by molar-refractivity contribution is 0.414. The molecule has 1 aromatic carbocycles. The van der Waals surface area contributed by atoms with Crippen LogP contribution in [-0.4, -0.2) is 69.4 Å². The highest BCUT2D eigenvalue weighted by Gasteiger charge is 2.25. The Morgan fingerprint density at radius 1 is 0.719 bits per heavy atom. The van der Waals surface area contributed by atoms with Gasteiger partial charge < -0.3 is 24.3 Å². The number of rotatable bonds is 6. The molecule has 0 radical (unpaired) electrons. The fourth-order valence-corrected chi connectivity index (χ4v) is 5.18. The van der Waals surface area contributed by atoms with Crippen LogP contribution in [0.15, 0.2) is 24.3 Å². The molecular weight excluding hydrogens is 400 g/mol. The Balaban J connectivity index is 1.36. The third-order valence-corrected chi connectivity index (χ3v) is 7.12. The van der Waals surface area contributed by atoms with Crippen LogP contribution >= 0.6 is 0 Å². The molecule has 0 spiro atoms. The van der Waals surface area contributed by atoms with Crippen molar-refractivity contribution in [3.63, 3.8) is 0 Å². The largest absolute Gasteiger partial charge is 0.497 e. The van der Waals surface area contributed by atoms with Gasteiger partial charge in [-0.05, 0) is 43.7 Å². The van der Waals surface area contributed by atoms with Gasteiger partial charge in [-0.15, -0.1) is 0 Å². The molecule has 0 unspecified atom stereocenters. The van der Waals surface area contributed by atoms with Crippen LogP contribution in [-0.2, 0) is 6.42 Å². The summed E-state index contributed by atoms with van der Waals surface area (Å²) in [5.41, 5.74) is 2.69. The fraction of sp³-hybridized carbons (Fsp3) is 0.600. The first-order chi connectivity index (χ1) is 15.7. The molecule has 2 aromatic rings. The first kappa shape index (κ1) is 21.2.